The summed E-state index contributed by atoms with van der Waals surface area (Å²) in [5.41, 5.74) is 1.17. The zero-order valence-electron chi connectivity index (χ0n) is 7.70. The van der Waals surface area contributed by atoms with E-state index >= 15 is 0 Å². The molecule has 1 rings (SSSR count). The summed E-state index contributed by atoms with van der Waals surface area (Å²) in [6, 6.07) is 9.32. The first-order valence-corrected chi connectivity index (χ1v) is 4.40. The summed E-state index contributed by atoms with van der Waals surface area (Å²) in [5.74, 6) is 0.394. The molecule has 0 spiro atoms. The first kappa shape index (κ1) is 9.60. The van der Waals surface area contributed by atoms with Crippen LogP contribution in [0.25, 0.3) is 0 Å². The van der Waals surface area contributed by atoms with E-state index in [9.17, 15) is 0 Å². The minimum Gasteiger partial charge on any atom is -0.508 e. The van der Waals surface area contributed by atoms with Crippen molar-refractivity contribution in [1.82, 2.24) is 0 Å². The van der Waals surface area contributed by atoms with Crippen LogP contribution in [0.15, 0.2) is 24.3 Å². The van der Waals surface area contributed by atoms with Crippen molar-refractivity contribution in [2.24, 2.45) is 5.92 Å². The number of nitrogens with zero attached hydrogens (tertiary/aromatic N) is 1. The van der Waals surface area contributed by atoms with Gasteiger partial charge in [-0.25, -0.2) is 0 Å². The van der Waals surface area contributed by atoms with Crippen LogP contribution < -0.4 is 0 Å². The Hall–Kier alpha value is -1.49. The van der Waals surface area contributed by atoms with Gasteiger partial charge in [-0.1, -0.05) is 12.1 Å². The van der Waals surface area contributed by atoms with Gasteiger partial charge in [0.25, 0.3) is 0 Å². The quantitative estimate of drug-likeness (QED) is 0.767. The molecular formula is C11H13NO. The van der Waals surface area contributed by atoms with Gasteiger partial charge in [-0.15, -0.1) is 0 Å². The molecule has 0 aliphatic carbocycles. The van der Waals surface area contributed by atoms with E-state index < -0.39 is 0 Å². The summed E-state index contributed by atoms with van der Waals surface area (Å²) in [4.78, 5) is 0. The van der Waals surface area contributed by atoms with Crippen LogP contribution in [0.5, 0.6) is 5.75 Å². The summed E-state index contributed by atoms with van der Waals surface area (Å²) >= 11 is 0. The van der Waals surface area contributed by atoms with E-state index in [4.69, 9.17) is 10.4 Å². The minimum atomic E-state index is 0.105. The van der Waals surface area contributed by atoms with E-state index in [1.54, 1.807) is 12.1 Å². The maximum Gasteiger partial charge on any atom is 0.115 e. The average Bonchev–Trinajstić information content (AvgIpc) is 2.16. The highest BCUT2D eigenvalue weighted by Crippen LogP contribution is 2.13. The fourth-order valence-electron chi connectivity index (χ4n) is 1.11. The van der Waals surface area contributed by atoms with Gasteiger partial charge >= 0.3 is 0 Å². The standard InChI is InChI=1S/C11H13NO/c1-9(8-12)2-3-10-4-6-11(13)7-5-10/h4-7,9,13H,2-3H2,1H3. The third-order valence-corrected chi connectivity index (χ3v) is 2.02. The number of hydrogen-bond donors (Lipinski definition) is 1. The second-order valence-electron chi connectivity index (χ2n) is 3.24. The lowest BCUT2D eigenvalue weighted by Crippen LogP contribution is -1.93. The van der Waals surface area contributed by atoms with Crippen LogP contribution >= 0.6 is 0 Å². The predicted octanol–water partition coefficient (Wildman–Crippen LogP) is 2.48. The second kappa shape index (κ2) is 4.51. The Balaban J connectivity index is 2.47. The van der Waals surface area contributed by atoms with Gasteiger partial charge in [-0.3, -0.25) is 0 Å². The average molecular weight is 175 g/mol. The number of hydrogen-bond acceptors (Lipinski definition) is 2. The lowest BCUT2D eigenvalue weighted by molar-refractivity contribution is 0.475. The Kier molecular flexibility index (Phi) is 3.33. The fourth-order valence-corrected chi connectivity index (χ4v) is 1.11. The van der Waals surface area contributed by atoms with Gasteiger partial charge in [-0.05, 0) is 37.5 Å². The number of nitriles is 1. The molecule has 0 bridgehead atoms. The minimum absolute atomic E-state index is 0.105. The van der Waals surface area contributed by atoms with E-state index in [0.29, 0.717) is 0 Å². The summed E-state index contributed by atoms with van der Waals surface area (Å²) in [7, 11) is 0. The molecule has 0 aliphatic heterocycles. The monoisotopic (exact) mass is 175 g/mol. The maximum atomic E-state index is 9.03. The number of rotatable bonds is 3. The zero-order chi connectivity index (χ0) is 9.68. The van der Waals surface area contributed by atoms with Crippen molar-refractivity contribution in [3.8, 4) is 11.8 Å². The van der Waals surface area contributed by atoms with Crippen LogP contribution in [0.1, 0.15) is 18.9 Å². The van der Waals surface area contributed by atoms with Crippen molar-refractivity contribution in [3.63, 3.8) is 0 Å². The third kappa shape index (κ3) is 3.16. The first-order chi connectivity index (χ1) is 6.22. The normalized spacial score (nSPS) is 12.0. The molecule has 0 fully saturated rings. The Bertz CT molecular complexity index is 297. The smallest absolute Gasteiger partial charge is 0.115 e. The number of benzene rings is 1. The number of phenolic OH excluding ortho intramolecular Hbond substituents is 1. The van der Waals surface area contributed by atoms with Crippen LogP contribution in [0.2, 0.25) is 0 Å². The molecule has 1 aromatic rings. The van der Waals surface area contributed by atoms with Gasteiger partial charge in [0.1, 0.15) is 5.75 Å². The Morgan fingerprint density at radius 1 is 1.38 bits per heavy atom. The predicted molar refractivity (Wildman–Crippen MR) is 51.2 cm³/mol. The van der Waals surface area contributed by atoms with Crippen molar-refractivity contribution >= 4 is 0 Å². The molecule has 0 saturated heterocycles. The summed E-state index contributed by atoms with van der Waals surface area (Å²) in [5, 5.41) is 17.6. The van der Waals surface area contributed by atoms with Gasteiger partial charge in [0, 0.05) is 5.92 Å². The van der Waals surface area contributed by atoms with Crippen LogP contribution in [-0.2, 0) is 6.42 Å². The highest BCUT2D eigenvalue weighted by Gasteiger charge is 2.00. The van der Waals surface area contributed by atoms with Crippen molar-refractivity contribution < 1.29 is 5.11 Å². The van der Waals surface area contributed by atoms with Crippen molar-refractivity contribution in [1.29, 1.82) is 5.26 Å². The van der Waals surface area contributed by atoms with Crippen molar-refractivity contribution in [2.45, 2.75) is 19.8 Å². The summed E-state index contributed by atoms with van der Waals surface area (Å²) < 4.78 is 0. The molecule has 1 atom stereocenters. The molecule has 13 heavy (non-hydrogen) atoms. The lowest BCUT2D eigenvalue weighted by Gasteiger charge is -2.02. The van der Waals surface area contributed by atoms with E-state index in [-0.39, 0.29) is 11.7 Å². The Labute approximate surface area is 78.4 Å². The summed E-state index contributed by atoms with van der Waals surface area (Å²) in [6.45, 7) is 1.92. The van der Waals surface area contributed by atoms with Crippen molar-refractivity contribution in [2.75, 3.05) is 0 Å². The van der Waals surface area contributed by atoms with Crippen LogP contribution in [0.4, 0.5) is 0 Å². The Morgan fingerprint density at radius 3 is 2.54 bits per heavy atom. The zero-order valence-corrected chi connectivity index (χ0v) is 7.70. The largest absolute Gasteiger partial charge is 0.508 e. The lowest BCUT2D eigenvalue weighted by atomic mass is 10.0. The number of phenols is 1. The molecule has 0 radical (unpaired) electrons. The molecular weight excluding hydrogens is 162 g/mol. The van der Waals surface area contributed by atoms with E-state index in [1.165, 1.54) is 5.56 Å². The Morgan fingerprint density at radius 2 is 2.00 bits per heavy atom. The molecule has 2 heteroatoms. The second-order valence-corrected chi connectivity index (χ2v) is 3.24. The highest BCUT2D eigenvalue weighted by atomic mass is 16.3. The molecule has 1 aromatic carbocycles. The van der Waals surface area contributed by atoms with E-state index in [2.05, 4.69) is 6.07 Å². The molecule has 0 heterocycles. The molecule has 0 aliphatic rings. The first-order valence-electron chi connectivity index (χ1n) is 4.40. The molecule has 1 unspecified atom stereocenters. The van der Waals surface area contributed by atoms with Crippen LogP contribution in [0, 0.1) is 17.2 Å². The fraction of sp³-hybridized carbons (Fsp3) is 0.364. The van der Waals surface area contributed by atoms with Crippen LogP contribution in [-0.4, -0.2) is 5.11 Å². The van der Waals surface area contributed by atoms with Crippen LogP contribution in [0.3, 0.4) is 0 Å². The molecule has 1 N–H and O–H groups in total. The third-order valence-electron chi connectivity index (χ3n) is 2.02. The highest BCUT2D eigenvalue weighted by molar-refractivity contribution is 5.25. The summed E-state index contributed by atoms with van der Waals surface area (Å²) in [6.07, 6.45) is 1.77. The SMILES string of the molecule is CC(C#N)CCc1ccc(O)cc1. The van der Waals surface area contributed by atoms with Gasteiger partial charge in [0.15, 0.2) is 0 Å². The molecule has 2 nitrogen and oxygen atoms in total. The molecule has 0 aromatic heterocycles. The molecule has 0 amide bonds. The topological polar surface area (TPSA) is 44.0 Å². The van der Waals surface area contributed by atoms with E-state index in [1.807, 2.05) is 19.1 Å². The maximum absolute atomic E-state index is 9.03. The van der Waals surface area contributed by atoms with Gasteiger partial charge in [0.05, 0.1) is 6.07 Å². The molecule has 0 saturated carbocycles. The number of aromatic hydroxyl groups is 1. The van der Waals surface area contributed by atoms with Gasteiger partial charge < -0.3 is 5.11 Å². The van der Waals surface area contributed by atoms with Gasteiger partial charge in [0.2, 0.25) is 0 Å². The van der Waals surface area contributed by atoms with Crippen molar-refractivity contribution in [3.05, 3.63) is 29.8 Å². The van der Waals surface area contributed by atoms with Gasteiger partial charge in [-0.2, -0.15) is 5.26 Å². The number of aryl methyl sites for hydroxylation is 1. The molecule has 68 valence electrons. The van der Waals surface area contributed by atoms with E-state index in [0.717, 1.165) is 12.8 Å².